The Kier molecular flexibility index (Phi) is 8.28. The molecule has 0 fully saturated rings. The lowest BCUT2D eigenvalue weighted by Crippen LogP contribution is -2.11. The van der Waals surface area contributed by atoms with Gasteiger partial charge in [0.2, 0.25) is 0 Å². The van der Waals surface area contributed by atoms with Crippen LogP contribution in [0.3, 0.4) is 0 Å². The van der Waals surface area contributed by atoms with Gasteiger partial charge in [-0.05, 0) is 93.5 Å². The molecule has 0 amide bonds. The first-order valence-electron chi connectivity index (χ1n) is 19.3. The van der Waals surface area contributed by atoms with Gasteiger partial charge in [0, 0.05) is 57.3 Å². The number of thiophene rings is 2. The van der Waals surface area contributed by atoms with E-state index in [-0.39, 0.29) is 0 Å². The smallest absolute Gasteiger partial charge is 0.0540 e. The van der Waals surface area contributed by atoms with Gasteiger partial charge < -0.3 is 4.90 Å². The molecule has 0 spiro atoms. The van der Waals surface area contributed by atoms with Crippen LogP contribution in [-0.2, 0) is 0 Å². The van der Waals surface area contributed by atoms with E-state index >= 15 is 0 Å². The zero-order chi connectivity index (χ0) is 37.7. The van der Waals surface area contributed by atoms with Crippen LogP contribution in [0.1, 0.15) is 0 Å². The molecule has 0 aliphatic rings. The Morgan fingerprint density at radius 3 is 1.54 bits per heavy atom. The van der Waals surface area contributed by atoms with E-state index in [9.17, 15) is 0 Å². The number of fused-ring (bicyclic) bond motifs is 6. The van der Waals surface area contributed by atoms with Crippen LogP contribution in [0.4, 0.5) is 17.1 Å². The Bertz CT molecular complexity index is 3240. The van der Waals surface area contributed by atoms with Crippen molar-refractivity contribution >= 4 is 80.1 Å². The van der Waals surface area contributed by atoms with Crippen molar-refractivity contribution in [1.29, 1.82) is 0 Å². The topological polar surface area (TPSA) is 3.24 Å². The monoisotopic (exact) mass is 761 g/mol. The highest BCUT2D eigenvalue weighted by molar-refractivity contribution is 7.26. The van der Waals surface area contributed by atoms with E-state index in [1.165, 1.54) is 84.9 Å². The molecule has 268 valence electrons. The molecule has 0 saturated carbocycles. The van der Waals surface area contributed by atoms with E-state index in [0.717, 1.165) is 17.1 Å². The Hall–Kier alpha value is -6.78. The van der Waals surface area contributed by atoms with Crippen molar-refractivity contribution in [2.75, 3.05) is 4.90 Å². The van der Waals surface area contributed by atoms with Gasteiger partial charge in [0.1, 0.15) is 0 Å². The molecule has 0 aliphatic heterocycles. The summed E-state index contributed by atoms with van der Waals surface area (Å²) in [5.41, 5.74) is 13.0. The quantitative estimate of drug-likeness (QED) is 0.156. The predicted octanol–water partition coefficient (Wildman–Crippen LogP) is 16.6. The number of nitrogens with zero attached hydrogens (tertiary/aromatic N) is 1. The van der Waals surface area contributed by atoms with Crippen molar-refractivity contribution in [2.45, 2.75) is 0 Å². The highest BCUT2D eigenvalue weighted by atomic mass is 32.1. The molecular formula is C54H35NS2. The Morgan fingerprint density at radius 2 is 0.772 bits per heavy atom. The number of anilines is 3. The number of rotatable bonds is 7. The van der Waals surface area contributed by atoms with Gasteiger partial charge in [0.25, 0.3) is 0 Å². The maximum atomic E-state index is 2.45. The molecule has 9 aromatic carbocycles. The molecule has 11 aromatic rings. The van der Waals surface area contributed by atoms with Gasteiger partial charge in [0.05, 0.1) is 5.69 Å². The van der Waals surface area contributed by atoms with Gasteiger partial charge in [-0.1, -0.05) is 158 Å². The van der Waals surface area contributed by atoms with Crippen LogP contribution in [0.25, 0.3) is 84.9 Å². The second kappa shape index (κ2) is 14.1. The maximum Gasteiger partial charge on any atom is 0.0540 e. The van der Waals surface area contributed by atoms with Crippen LogP contribution in [0.2, 0.25) is 0 Å². The summed E-state index contributed by atoms with van der Waals surface area (Å²) in [5, 5.41) is 5.22. The molecule has 2 heterocycles. The van der Waals surface area contributed by atoms with E-state index in [4.69, 9.17) is 0 Å². The third-order valence-electron chi connectivity index (χ3n) is 11.1. The summed E-state index contributed by atoms with van der Waals surface area (Å²) in [6.07, 6.45) is 0. The fraction of sp³-hybridized carbons (Fsp3) is 0. The summed E-state index contributed by atoms with van der Waals surface area (Å²) < 4.78 is 5.24. The Balaban J connectivity index is 1.11. The lowest BCUT2D eigenvalue weighted by Gasteiger charge is -2.29. The normalized spacial score (nSPS) is 11.5. The van der Waals surface area contributed by atoms with Gasteiger partial charge in [0.15, 0.2) is 0 Å². The number of benzene rings is 9. The van der Waals surface area contributed by atoms with Crippen LogP contribution in [0, 0.1) is 0 Å². The molecule has 0 N–H and O–H groups in total. The minimum atomic E-state index is 1.11. The first kappa shape index (κ1) is 33.5. The van der Waals surface area contributed by atoms with Crippen molar-refractivity contribution in [3.8, 4) is 44.5 Å². The third-order valence-corrected chi connectivity index (χ3v) is 13.4. The summed E-state index contributed by atoms with van der Waals surface area (Å²) in [4.78, 5) is 2.45. The molecule has 0 radical (unpaired) electrons. The van der Waals surface area contributed by atoms with Crippen LogP contribution >= 0.6 is 22.7 Å². The summed E-state index contributed by atoms with van der Waals surface area (Å²) in [7, 11) is 0. The summed E-state index contributed by atoms with van der Waals surface area (Å²) in [5.74, 6) is 0. The van der Waals surface area contributed by atoms with Gasteiger partial charge in [-0.15, -0.1) is 22.7 Å². The zero-order valence-corrected chi connectivity index (χ0v) is 32.6. The van der Waals surface area contributed by atoms with E-state index in [1.54, 1.807) is 0 Å². The predicted molar refractivity (Wildman–Crippen MR) is 249 cm³/mol. The first-order valence-corrected chi connectivity index (χ1v) is 21.0. The van der Waals surface area contributed by atoms with Crippen molar-refractivity contribution in [3.63, 3.8) is 0 Å². The molecule has 0 unspecified atom stereocenters. The van der Waals surface area contributed by atoms with Crippen molar-refractivity contribution < 1.29 is 0 Å². The van der Waals surface area contributed by atoms with Crippen LogP contribution < -0.4 is 4.90 Å². The molecule has 57 heavy (non-hydrogen) atoms. The van der Waals surface area contributed by atoms with E-state index in [1.807, 2.05) is 22.7 Å². The molecule has 2 aromatic heterocycles. The molecule has 1 nitrogen and oxygen atoms in total. The van der Waals surface area contributed by atoms with Crippen molar-refractivity contribution in [1.82, 2.24) is 0 Å². The second-order valence-corrected chi connectivity index (χ2v) is 16.6. The minimum absolute atomic E-state index is 1.11. The van der Waals surface area contributed by atoms with Crippen LogP contribution in [0.15, 0.2) is 212 Å². The summed E-state index contributed by atoms with van der Waals surface area (Å²) in [6, 6.07) is 77.7. The molecule has 0 saturated heterocycles. The lowest BCUT2D eigenvalue weighted by atomic mass is 9.88. The molecule has 11 rings (SSSR count). The largest absolute Gasteiger partial charge is 0.310 e. The SMILES string of the molecule is c1ccc(-c2ccccc2-c2ccccc2-c2ccccc2N(c2ccc(-c3cccc4sc5ccccc5c34)cc2)c2ccc3sc4ccccc4c3c2)cc1. The number of hydrogen-bond acceptors (Lipinski definition) is 3. The minimum Gasteiger partial charge on any atom is -0.310 e. The summed E-state index contributed by atoms with van der Waals surface area (Å²) in [6.45, 7) is 0. The van der Waals surface area contributed by atoms with Crippen molar-refractivity contribution in [3.05, 3.63) is 212 Å². The average molecular weight is 762 g/mol. The third kappa shape index (κ3) is 5.83. The molecular weight excluding hydrogens is 727 g/mol. The van der Waals surface area contributed by atoms with Crippen LogP contribution in [0.5, 0.6) is 0 Å². The zero-order valence-electron chi connectivity index (χ0n) is 31.0. The first-order chi connectivity index (χ1) is 28.3. The van der Waals surface area contributed by atoms with Gasteiger partial charge in [-0.2, -0.15) is 0 Å². The second-order valence-electron chi connectivity index (χ2n) is 14.4. The Morgan fingerprint density at radius 1 is 0.281 bits per heavy atom. The lowest BCUT2D eigenvalue weighted by molar-refractivity contribution is 1.29. The van der Waals surface area contributed by atoms with E-state index in [0.29, 0.717) is 0 Å². The Labute approximate surface area is 340 Å². The molecule has 0 bridgehead atoms. The van der Waals surface area contributed by atoms with Gasteiger partial charge in [-0.25, -0.2) is 0 Å². The maximum absolute atomic E-state index is 2.45. The fourth-order valence-corrected chi connectivity index (χ4v) is 10.7. The highest BCUT2D eigenvalue weighted by Crippen LogP contribution is 2.47. The van der Waals surface area contributed by atoms with Crippen LogP contribution in [-0.4, -0.2) is 0 Å². The molecule has 3 heteroatoms. The average Bonchev–Trinajstić information content (AvgIpc) is 3.86. The van der Waals surface area contributed by atoms with E-state index in [2.05, 4.69) is 217 Å². The highest BCUT2D eigenvalue weighted by Gasteiger charge is 2.21. The summed E-state index contributed by atoms with van der Waals surface area (Å²) >= 11 is 3.72. The number of para-hydroxylation sites is 1. The standard InChI is InChI=1S/C54H35NS2/c1-2-15-36(16-3-1)40-17-4-5-18-42(40)43-19-6-7-20-44(43)45-21-8-11-25-49(45)55(39-33-34-52-48(35-39)46-22-9-12-26-50(46)56-52)38-31-29-37(30-32-38)41-24-14-28-53-54(41)47-23-10-13-27-51(47)57-53/h1-35H. The molecule has 0 atom stereocenters. The van der Waals surface area contributed by atoms with Gasteiger partial charge >= 0.3 is 0 Å². The number of hydrogen-bond donors (Lipinski definition) is 0. The van der Waals surface area contributed by atoms with Gasteiger partial charge in [-0.3, -0.25) is 0 Å². The fourth-order valence-electron chi connectivity index (χ4n) is 8.52. The van der Waals surface area contributed by atoms with Crippen molar-refractivity contribution in [2.24, 2.45) is 0 Å². The molecule has 0 aliphatic carbocycles. The van der Waals surface area contributed by atoms with E-state index < -0.39 is 0 Å².